The largest absolute Gasteiger partial charge is 0.497 e. The van der Waals surface area contributed by atoms with E-state index in [9.17, 15) is 9.59 Å². The summed E-state index contributed by atoms with van der Waals surface area (Å²) in [6.07, 6.45) is 0.673. The number of methoxy groups -OCH3 is 1. The van der Waals surface area contributed by atoms with E-state index in [4.69, 9.17) is 14.0 Å². The number of aryl methyl sites for hydroxylation is 1. The molecular weight excluding hydrogens is 336 g/mol. The van der Waals surface area contributed by atoms with Crippen molar-refractivity contribution in [3.63, 3.8) is 0 Å². The highest BCUT2D eigenvalue weighted by Crippen LogP contribution is 2.22. The van der Waals surface area contributed by atoms with Gasteiger partial charge < -0.3 is 19.3 Å². The molecule has 0 aliphatic carbocycles. The smallest absolute Gasteiger partial charge is 0.344 e. The van der Waals surface area contributed by atoms with E-state index in [1.807, 2.05) is 38.1 Å². The fraction of sp³-hybridized carbons (Fsp3) is 0.421. The second-order valence-corrected chi connectivity index (χ2v) is 6.19. The lowest BCUT2D eigenvalue weighted by atomic mass is 10.1. The van der Waals surface area contributed by atoms with Crippen molar-refractivity contribution in [1.82, 2.24) is 10.5 Å². The summed E-state index contributed by atoms with van der Waals surface area (Å²) in [5.74, 6) is 0.295. The lowest BCUT2D eigenvalue weighted by molar-refractivity contribution is -0.124. The topological polar surface area (TPSA) is 90.7 Å². The fourth-order valence-electron chi connectivity index (χ4n) is 2.42. The summed E-state index contributed by atoms with van der Waals surface area (Å²) in [6, 6.07) is 7.61. The van der Waals surface area contributed by atoms with Crippen molar-refractivity contribution in [2.45, 2.75) is 33.1 Å². The molecular formula is C19H24N2O5. The summed E-state index contributed by atoms with van der Waals surface area (Å²) in [5.41, 5.74) is 1.83. The van der Waals surface area contributed by atoms with E-state index in [-0.39, 0.29) is 18.4 Å². The Labute approximate surface area is 152 Å². The first-order chi connectivity index (χ1) is 12.4. The summed E-state index contributed by atoms with van der Waals surface area (Å²) in [6.45, 7) is 5.56. The quantitative estimate of drug-likeness (QED) is 0.728. The van der Waals surface area contributed by atoms with Gasteiger partial charge in [-0.05, 0) is 31.0 Å². The van der Waals surface area contributed by atoms with Crippen molar-refractivity contribution >= 4 is 11.9 Å². The van der Waals surface area contributed by atoms with Crippen LogP contribution in [0.25, 0.3) is 0 Å². The van der Waals surface area contributed by atoms with Crippen LogP contribution in [-0.4, -0.2) is 37.3 Å². The molecule has 0 aliphatic heterocycles. The van der Waals surface area contributed by atoms with Crippen LogP contribution in [0, 0.1) is 6.92 Å². The van der Waals surface area contributed by atoms with Gasteiger partial charge >= 0.3 is 5.97 Å². The molecule has 1 amide bonds. The van der Waals surface area contributed by atoms with E-state index in [1.54, 1.807) is 14.0 Å². The highest BCUT2D eigenvalue weighted by atomic mass is 16.5. The number of amides is 1. The highest BCUT2D eigenvalue weighted by molar-refractivity contribution is 5.93. The Kier molecular flexibility index (Phi) is 6.77. The van der Waals surface area contributed by atoms with Crippen LogP contribution in [0.15, 0.2) is 28.8 Å². The Hall–Kier alpha value is -2.83. The molecule has 0 saturated heterocycles. The molecule has 26 heavy (non-hydrogen) atoms. The van der Waals surface area contributed by atoms with Crippen LogP contribution in [0.5, 0.6) is 5.75 Å². The van der Waals surface area contributed by atoms with Gasteiger partial charge in [-0.25, -0.2) is 4.79 Å². The SMILES string of the molecule is COc1ccc(CCNC(=O)COC(=O)c2c(C)noc2C(C)C)cc1. The molecule has 0 bridgehead atoms. The number of hydrogen-bond donors (Lipinski definition) is 1. The molecule has 0 radical (unpaired) electrons. The van der Waals surface area contributed by atoms with Crippen LogP contribution < -0.4 is 10.1 Å². The van der Waals surface area contributed by atoms with Gasteiger partial charge in [0.2, 0.25) is 0 Å². The molecule has 7 heteroatoms. The average Bonchev–Trinajstić information content (AvgIpc) is 3.02. The van der Waals surface area contributed by atoms with Crippen LogP contribution >= 0.6 is 0 Å². The van der Waals surface area contributed by atoms with Crippen molar-refractivity contribution in [3.8, 4) is 5.75 Å². The number of benzene rings is 1. The first kappa shape index (κ1) is 19.5. The van der Waals surface area contributed by atoms with Gasteiger partial charge in [-0.15, -0.1) is 0 Å². The standard InChI is InChI=1S/C19H24N2O5/c1-12(2)18-17(13(3)21-26-18)19(23)25-11-16(22)20-10-9-14-5-7-15(24-4)8-6-14/h5-8,12H,9-11H2,1-4H3,(H,20,22). The van der Waals surface area contributed by atoms with Gasteiger partial charge in [0.1, 0.15) is 11.3 Å². The van der Waals surface area contributed by atoms with E-state index < -0.39 is 5.97 Å². The fourth-order valence-corrected chi connectivity index (χ4v) is 2.42. The monoisotopic (exact) mass is 360 g/mol. The molecule has 1 aromatic carbocycles. The Morgan fingerprint density at radius 3 is 2.54 bits per heavy atom. The Balaban J connectivity index is 1.78. The van der Waals surface area contributed by atoms with Crippen LogP contribution in [0.1, 0.15) is 47.1 Å². The van der Waals surface area contributed by atoms with Gasteiger partial charge in [-0.3, -0.25) is 4.79 Å². The van der Waals surface area contributed by atoms with Crippen molar-refractivity contribution < 1.29 is 23.6 Å². The van der Waals surface area contributed by atoms with Crippen LogP contribution in [0.4, 0.5) is 0 Å². The van der Waals surface area contributed by atoms with Gasteiger partial charge in [0.15, 0.2) is 12.4 Å². The predicted molar refractivity (Wildman–Crippen MR) is 95.3 cm³/mol. The normalized spacial score (nSPS) is 10.7. The van der Waals surface area contributed by atoms with Crippen LogP contribution in [0.2, 0.25) is 0 Å². The summed E-state index contributed by atoms with van der Waals surface area (Å²) < 4.78 is 15.3. The summed E-state index contributed by atoms with van der Waals surface area (Å²) >= 11 is 0. The van der Waals surface area contributed by atoms with Gasteiger partial charge in [-0.1, -0.05) is 31.1 Å². The third-order valence-electron chi connectivity index (χ3n) is 3.85. The third kappa shape index (κ3) is 5.08. The van der Waals surface area contributed by atoms with Crippen molar-refractivity contribution in [2.75, 3.05) is 20.3 Å². The van der Waals surface area contributed by atoms with Crippen molar-refractivity contribution in [1.29, 1.82) is 0 Å². The predicted octanol–water partition coefficient (Wildman–Crippen LogP) is 2.63. The number of rotatable bonds is 8. The molecule has 0 fully saturated rings. The van der Waals surface area contributed by atoms with Gasteiger partial charge in [0, 0.05) is 12.5 Å². The Bertz CT molecular complexity index is 750. The first-order valence-electron chi connectivity index (χ1n) is 8.45. The number of esters is 1. The lowest BCUT2D eigenvalue weighted by Crippen LogP contribution is -2.30. The molecule has 1 N–H and O–H groups in total. The second kappa shape index (κ2) is 9.03. The number of ether oxygens (including phenoxy) is 2. The number of nitrogens with one attached hydrogen (secondary N) is 1. The minimum absolute atomic E-state index is 0.00271. The molecule has 0 aliphatic rings. The van der Waals surface area contributed by atoms with Gasteiger partial charge in [0.05, 0.1) is 12.8 Å². The Morgan fingerprint density at radius 1 is 1.23 bits per heavy atom. The Morgan fingerprint density at radius 2 is 1.92 bits per heavy atom. The number of carbonyl (C=O) groups excluding carboxylic acids is 2. The van der Waals surface area contributed by atoms with E-state index in [2.05, 4.69) is 10.5 Å². The number of nitrogens with zero attached hydrogens (tertiary/aromatic N) is 1. The maximum atomic E-state index is 12.2. The summed E-state index contributed by atoms with van der Waals surface area (Å²) in [4.78, 5) is 24.1. The molecule has 1 aromatic heterocycles. The molecule has 0 atom stereocenters. The zero-order chi connectivity index (χ0) is 19.1. The third-order valence-corrected chi connectivity index (χ3v) is 3.85. The van der Waals surface area contributed by atoms with E-state index >= 15 is 0 Å². The molecule has 7 nitrogen and oxygen atoms in total. The average molecular weight is 360 g/mol. The minimum Gasteiger partial charge on any atom is -0.497 e. The molecule has 2 aromatic rings. The first-order valence-corrected chi connectivity index (χ1v) is 8.45. The zero-order valence-corrected chi connectivity index (χ0v) is 15.5. The number of aromatic nitrogens is 1. The molecule has 0 spiro atoms. The summed E-state index contributed by atoms with van der Waals surface area (Å²) in [5, 5.41) is 6.52. The summed E-state index contributed by atoms with van der Waals surface area (Å²) in [7, 11) is 1.61. The van der Waals surface area contributed by atoms with Crippen molar-refractivity contribution in [2.24, 2.45) is 0 Å². The second-order valence-electron chi connectivity index (χ2n) is 6.19. The highest BCUT2D eigenvalue weighted by Gasteiger charge is 2.24. The number of hydrogen-bond acceptors (Lipinski definition) is 6. The number of carbonyl (C=O) groups is 2. The molecule has 0 unspecified atom stereocenters. The molecule has 2 rings (SSSR count). The van der Waals surface area contributed by atoms with Crippen molar-refractivity contribution in [3.05, 3.63) is 46.8 Å². The molecule has 1 heterocycles. The lowest BCUT2D eigenvalue weighted by Gasteiger charge is -2.08. The van der Waals surface area contributed by atoms with Gasteiger partial charge in [0.25, 0.3) is 5.91 Å². The zero-order valence-electron chi connectivity index (χ0n) is 15.5. The van der Waals surface area contributed by atoms with Gasteiger partial charge in [-0.2, -0.15) is 0 Å². The molecule has 0 saturated carbocycles. The maximum Gasteiger partial charge on any atom is 0.344 e. The van der Waals surface area contributed by atoms with E-state index in [1.165, 1.54) is 0 Å². The minimum atomic E-state index is -0.599. The van der Waals surface area contributed by atoms with E-state index in [0.29, 0.717) is 30.0 Å². The van der Waals surface area contributed by atoms with Crippen LogP contribution in [-0.2, 0) is 16.0 Å². The molecule has 140 valence electrons. The maximum absolute atomic E-state index is 12.2. The van der Waals surface area contributed by atoms with Crippen LogP contribution in [0.3, 0.4) is 0 Å². The van der Waals surface area contributed by atoms with E-state index in [0.717, 1.165) is 11.3 Å².